The van der Waals surface area contributed by atoms with Crippen LogP contribution in [-0.4, -0.2) is 102 Å². The Bertz CT molecular complexity index is 1350. The van der Waals surface area contributed by atoms with Gasteiger partial charge in [0.25, 0.3) is 11.7 Å². The SMILES string of the molecule is CC[C@@H]1/C=C(\C)C[C@H](C)C[C@H](OC)[C@H]2O[C@@](O)(C(=O)C(=O)N3CCCC[C@H]3C(=O)O[C@H](/C(C)=C/C3CCCCCC3)[C@H](C)[C@@H](O)CC1=O)[C@H](C)C[C@@H]2OC. The van der Waals surface area contributed by atoms with Gasteiger partial charge in [-0.15, -0.1) is 0 Å². The molecule has 3 aliphatic heterocycles. The van der Waals surface area contributed by atoms with Crippen LogP contribution in [0.3, 0.4) is 0 Å². The molecule has 4 aliphatic rings. The Labute approximate surface area is 323 Å². The van der Waals surface area contributed by atoms with Gasteiger partial charge in [-0.3, -0.25) is 14.4 Å². The van der Waals surface area contributed by atoms with Crippen LogP contribution in [0.2, 0.25) is 0 Å². The maximum Gasteiger partial charge on any atom is 0.329 e. The number of ketones is 2. The first-order chi connectivity index (χ1) is 25.6. The summed E-state index contributed by atoms with van der Waals surface area (Å²) in [6.45, 7) is 11.5. The Kier molecular flexibility index (Phi) is 16.5. The zero-order valence-corrected chi connectivity index (χ0v) is 34.2. The summed E-state index contributed by atoms with van der Waals surface area (Å²) in [5, 5.41) is 23.6. The Morgan fingerprint density at radius 2 is 1.57 bits per heavy atom. The fourth-order valence-electron chi connectivity index (χ4n) is 9.32. The Morgan fingerprint density at radius 3 is 2.20 bits per heavy atom. The molecular formula is C43H69NO10. The molecule has 0 spiro atoms. The van der Waals surface area contributed by atoms with Crippen molar-refractivity contribution in [1.82, 2.24) is 4.90 Å². The molecular weight excluding hydrogens is 690 g/mol. The molecule has 1 saturated carbocycles. The number of amides is 1. The predicted octanol–water partition coefficient (Wildman–Crippen LogP) is 6.27. The monoisotopic (exact) mass is 759 g/mol. The van der Waals surface area contributed by atoms with E-state index in [1.165, 1.54) is 17.7 Å². The molecule has 2 N–H and O–H groups in total. The summed E-state index contributed by atoms with van der Waals surface area (Å²) in [4.78, 5) is 57.6. The van der Waals surface area contributed by atoms with Gasteiger partial charge in [0.05, 0.1) is 18.3 Å². The number of esters is 1. The number of Topliss-reactive ketones (excluding diaryl/α,β-unsaturated/α-hetero) is 2. The topological polar surface area (TPSA) is 149 Å². The molecule has 306 valence electrons. The molecule has 2 saturated heterocycles. The minimum Gasteiger partial charge on any atom is -0.456 e. The molecule has 0 aromatic heterocycles. The van der Waals surface area contributed by atoms with Crippen molar-refractivity contribution in [2.24, 2.45) is 29.6 Å². The van der Waals surface area contributed by atoms with Crippen LogP contribution in [0.1, 0.15) is 131 Å². The largest absolute Gasteiger partial charge is 0.456 e. The second-order valence-corrected chi connectivity index (χ2v) is 17.0. The number of fused-ring (bicyclic) bond motifs is 3. The van der Waals surface area contributed by atoms with Crippen LogP contribution in [0.25, 0.3) is 0 Å². The number of piperidine rings is 1. The Morgan fingerprint density at radius 1 is 0.944 bits per heavy atom. The molecule has 0 radical (unpaired) electrons. The number of carbonyl (C=O) groups is 4. The normalized spacial score (nSPS) is 39.1. The molecule has 11 atom stereocenters. The van der Waals surface area contributed by atoms with Gasteiger partial charge in [-0.05, 0) is 89.0 Å². The van der Waals surface area contributed by atoms with Crippen LogP contribution in [0, 0.1) is 29.6 Å². The van der Waals surface area contributed by atoms with Gasteiger partial charge in [0, 0.05) is 44.9 Å². The van der Waals surface area contributed by atoms with Gasteiger partial charge in [0.15, 0.2) is 0 Å². The molecule has 3 fully saturated rings. The first kappa shape index (κ1) is 44.3. The number of carbonyl (C=O) groups excluding carboxylic acids is 4. The van der Waals surface area contributed by atoms with Crippen molar-refractivity contribution in [3.63, 3.8) is 0 Å². The number of hydrogen-bond donors (Lipinski definition) is 2. The van der Waals surface area contributed by atoms with E-state index >= 15 is 0 Å². The highest BCUT2D eigenvalue weighted by molar-refractivity contribution is 6.39. The average Bonchev–Trinajstić information content (AvgIpc) is 3.42. The summed E-state index contributed by atoms with van der Waals surface area (Å²) in [6.07, 6.45) is 10.3. The molecule has 0 aromatic rings. The Balaban J connectivity index is 1.76. The van der Waals surface area contributed by atoms with Gasteiger partial charge in [0.1, 0.15) is 24.0 Å². The maximum atomic E-state index is 14.2. The lowest BCUT2D eigenvalue weighted by molar-refractivity contribution is -0.302. The summed E-state index contributed by atoms with van der Waals surface area (Å²) in [5.74, 6) is -6.78. The van der Waals surface area contributed by atoms with Gasteiger partial charge >= 0.3 is 5.97 Å². The number of hydrogen-bond acceptors (Lipinski definition) is 10. The van der Waals surface area contributed by atoms with Crippen molar-refractivity contribution in [2.45, 2.75) is 174 Å². The quantitative estimate of drug-likeness (QED) is 0.142. The number of cyclic esters (lactones) is 1. The van der Waals surface area contributed by atoms with Crippen molar-refractivity contribution >= 4 is 23.4 Å². The highest BCUT2D eigenvalue weighted by Crippen LogP contribution is 2.39. The number of ether oxygens (including phenoxy) is 4. The van der Waals surface area contributed by atoms with Crippen LogP contribution >= 0.6 is 0 Å². The van der Waals surface area contributed by atoms with E-state index in [2.05, 4.69) is 13.0 Å². The molecule has 2 bridgehead atoms. The van der Waals surface area contributed by atoms with E-state index in [4.69, 9.17) is 18.9 Å². The molecule has 11 heteroatoms. The van der Waals surface area contributed by atoms with Crippen molar-refractivity contribution in [3.05, 3.63) is 23.3 Å². The number of nitrogens with zero attached hydrogens (tertiary/aromatic N) is 1. The van der Waals surface area contributed by atoms with Gasteiger partial charge in [-0.1, -0.05) is 71.1 Å². The second-order valence-electron chi connectivity index (χ2n) is 17.0. The number of rotatable bonds is 5. The highest BCUT2D eigenvalue weighted by Gasteiger charge is 2.56. The Hall–Kier alpha value is -2.44. The van der Waals surface area contributed by atoms with Crippen LogP contribution in [-0.2, 0) is 38.1 Å². The van der Waals surface area contributed by atoms with Gasteiger partial charge < -0.3 is 34.1 Å². The average molecular weight is 760 g/mol. The van der Waals surface area contributed by atoms with Crippen molar-refractivity contribution in [1.29, 1.82) is 0 Å². The number of methoxy groups -OCH3 is 2. The van der Waals surface area contributed by atoms with Crippen molar-refractivity contribution in [3.8, 4) is 0 Å². The standard InChI is InChI=1S/C43H69NO10/c1-9-32-21-26(2)20-27(3)22-36(51-7)39-37(52-8)24-29(5)43(50,54-39)40(47)41(48)44-19-15-14-18-33(44)42(49)53-38(30(6)34(45)25-35(32)46)28(4)23-31-16-12-10-11-13-17-31/h21,23,27,29-34,36-39,45,50H,9-20,22,24-25H2,1-8H3/b26-21+,28-23+/t27-,29+,30+,32+,33-,34-,36-,37-,38+,39+,43+/m0/s1. The second kappa shape index (κ2) is 20.1. The highest BCUT2D eigenvalue weighted by atomic mass is 16.7. The van der Waals surface area contributed by atoms with Crippen molar-refractivity contribution < 1.29 is 48.3 Å². The third-order valence-corrected chi connectivity index (χ3v) is 12.7. The minimum absolute atomic E-state index is 0.0608. The molecule has 4 rings (SSSR count). The summed E-state index contributed by atoms with van der Waals surface area (Å²) >= 11 is 0. The first-order valence-corrected chi connectivity index (χ1v) is 20.7. The minimum atomic E-state index is -2.47. The lowest BCUT2D eigenvalue weighted by atomic mass is 9.82. The summed E-state index contributed by atoms with van der Waals surface area (Å²) in [7, 11) is 3.09. The van der Waals surface area contributed by atoms with Gasteiger partial charge in [-0.25, -0.2) is 4.79 Å². The van der Waals surface area contributed by atoms with Crippen LogP contribution in [0.5, 0.6) is 0 Å². The molecule has 1 amide bonds. The third-order valence-electron chi connectivity index (χ3n) is 12.7. The lowest BCUT2D eigenvalue weighted by Gasteiger charge is -2.47. The number of aliphatic hydroxyl groups is 2. The van der Waals surface area contributed by atoms with E-state index in [9.17, 15) is 29.4 Å². The van der Waals surface area contributed by atoms with E-state index in [0.29, 0.717) is 38.0 Å². The molecule has 3 heterocycles. The smallest absolute Gasteiger partial charge is 0.329 e. The van der Waals surface area contributed by atoms with Crippen molar-refractivity contribution in [2.75, 3.05) is 20.8 Å². The molecule has 0 unspecified atom stereocenters. The maximum absolute atomic E-state index is 14.2. The van der Waals surface area contributed by atoms with E-state index < -0.39 is 71.8 Å². The van der Waals surface area contributed by atoms with E-state index in [1.54, 1.807) is 28.1 Å². The number of aliphatic hydroxyl groups excluding tert-OH is 1. The summed E-state index contributed by atoms with van der Waals surface area (Å²) < 4.78 is 24.3. The van der Waals surface area contributed by atoms with Gasteiger partial charge in [-0.2, -0.15) is 0 Å². The predicted molar refractivity (Wildman–Crippen MR) is 205 cm³/mol. The van der Waals surface area contributed by atoms with Crippen LogP contribution in [0.4, 0.5) is 0 Å². The molecule has 0 aromatic carbocycles. The zero-order chi connectivity index (χ0) is 39.7. The summed E-state index contributed by atoms with van der Waals surface area (Å²) in [5.41, 5.74) is 1.83. The van der Waals surface area contributed by atoms with E-state index in [1.807, 2.05) is 26.8 Å². The van der Waals surface area contributed by atoms with Crippen LogP contribution in [0.15, 0.2) is 23.3 Å². The van der Waals surface area contributed by atoms with E-state index in [-0.39, 0.29) is 43.4 Å². The molecule has 54 heavy (non-hydrogen) atoms. The number of allylic oxidation sites excluding steroid dienone is 3. The fourth-order valence-corrected chi connectivity index (χ4v) is 9.32. The first-order valence-electron chi connectivity index (χ1n) is 20.7. The third kappa shape index (κ3) is 10.7. The fraction of sp³-hybridized carbons (Fsp3) is 0.814. The zero-order valence-electron chi connectivity index (χ0n) is 34.2. The van der Waals surface area contributed by atoms with Gasteiger partial charge in [0.2, 0.25) is 5.79 Å². The van der Waals surface area contributed by atoms with Crippen LogP contribution < -0.4 is 0 Å². The molecule has 1 aliphatic carbocycles. The summed E-state index contributed by atoms with van der Waals surface area (Å²) in [6, 6.07) is -1.07. The van der Waals surface area contributed by atoms with E-state index in [0.717, 1.165) is 36.8 Å². The lowest BCUT2D eigenvalue weighted by Crippen LogP contribution is -2.64. The molecule has 11 nitrogen and oxygen atoms in total.